The normalized spacial score (nSPS) is 12.6. The van der Waals surface area contributed by atoms with E-state index in [9.17, 15) is 5.11 Å². The van der Waals surface area contributed by atoms with Gasteiger partial charge in [0.25, 0.3) is 0 Å². The first-order valence-electron chi connectivity index (χ1n) is 6.49. The molecule has 0 spiro atoms. The first kappa shape index (κ1) is 14.0. The molecule has 0 amide bonds. The number of hydrogen-bond donors (Lipinski definition) is 1. The molecular formula is C14H18ClN3O. The van der Waals surface area contributed by atoms with Crippen LogP contribution in [0.25, 0.3) is 0 Å². The van der Waals surface area contributed by atoms with Crippen LogP contribution in [0.5, 0.6) is 0 Å². The van der Waals surface area contributed by atoms with Gasteiger partial charge in [-0.1, -0.05) is 18.5 Å². The molecule has 0 radical (unpaired) electrons. The number of nitrogens with zero attached hydrogens (tertiary/aromatic N) is 3. The van der Waals surface area contributed by atoms with Crippen molar-refractivity contribution in [1.29, 1.82) is 0 Å². The average molecular weight is 280 g/mol. The average Bonchev–Trinajstić information content (AvgIpc) is 2.81. The number of halogens is 1. The number of aliphatic hydroxyl groups excluding tert-OH is 1. The van der Waals surface area contributed by atoms with Crippen molar-refractivity contribution in [3.05, 3.63) is 46.5 Å². The largest absolute Gasteiger partial charge is 0.388 e. The minimum Gasteiger partial charge on any atom is -0.388 e. The molecule has 0 aliphatic rings. The first-order chi connectivity index (χ1) is 9.13. The summed E-state index contributed by atoms with van der Waals surface area (Å²) in [6.07, 6.45) is 2.45. The van der Waals surface area contributed by atoms with Crippen LogP contribution < -0.4 is 0 Å². The van der Waals surface area contributed by atoms with Gasteiger partial charge < -0.3 is 5.11 Å². The fourth-order valence-corrected chi connectivity index (χ4v) is 2.25. The summed E-state index contributed by atoms with van der Waals surface area (Å²) >= 11 is 5.84. The smallest absolute Gasteiger partial charge is 0.129 e. The Morgan fingerprint density at radius 3 is 2.79 bits per heavy atom. The molecule has 4 nitrogen and oxygen atoms in total. The maximum atomic E-state index is 10.3. The van der Waals surface area contributed by atoms with E-state index in [0.717, 1.165) is 29.9 Å². The summed E-state index contributed by atoms with van der Waals surface area (Å²) in [7, 11) is 0. The molecule has 1 N–H and O–H groups in total. The van der Waals surface area contributed by atoms with Gasteiger partial charge in [-0.05, 0) is 37.1 Å². The lowest BCUT2D eigenvalue weighted by Gasteiger charge is -2.12. The van der Waals surface area contributed by atoms with Crippen LogP contribution in [0.3, 0.4) is 0 Å². The Balaban J connectivity index is 2.18. The molecule has 0 saturated carbocycles. The predicted octanol–water partition coefficient (Wildman–Crippen LogP) is 2.79. The van der Waals surface area contributed by atoms with Crippen molar-refractivity contribution in [2.24, 2.45) is 0 Å². The van der Waals surface area contributed by atoms with Crippen molar-refractivity contribution in [1.82, 2.24) is 14.8 Å². The predicted molar refractivity (Wildman–Crippen MR) is 75.2 cm³/mol. The maximum Gasteiger partial charge on any atom is 0.129 e. The number of aliphatic hydroxyl groups is 1. The zero-order chi connectivity index (χ0) is 13.8. The molecule has 0 aliphatic carbocycles. The molecule has 2 heterocycles. The zero-order valence-corrected chi connectivity index (χ0v) is 11.9. The maximum absolute atomic E-state index is 10.3. The number of pyridine rings is 1. The highest BCUT2D eigenvalue weighted by molar-refractivity contribution is 6.29. The minimum absolute atomic E-state index is 0.398. The van der Waals surface area contributed by atoms with Crippen molar-refractivity contribution in [2.75, 3.05) is 0 Å². The molecule has 2 aromatic rings. The molecule has 2 aromatic heterocycles. The first-order valence-corrected chi connectivity index (χ1v) is 6.87. The molecule has 102 valence electrons. The Bertz CT molecular complexity index is 553. The van der Waals surface area contributed by atoms with Crippen molar-refractivity contribution >= 4 is 11.6 Å². The second-order valence-electron chi connectivity index (χ2n) is 4.43. The van der Waals surface area contributed by atoms with Crippen LogP contribution in [0.1, 0.15) is 36.9 Å². The van der Waals surface area contributed by atoms with Gasteiger partial charge in [0.05, 0.1) is 11.8 Å². The van der Waals surface area contributed by atoms with Gasteiger partial charge in [-0.25, -0.2) is 4.98 Å². The fraction of sp³-hybridized carbons (Fsp3) is 0.429. The Kier molecular flexibility index (Phi) is 4.56. The van der Waals surface area contributed by atoms with E-state index >= 15 is 0 Å². The third kappa shape index (κ3) is 3.33. The Hall–Kier alpha value is -1.39. The highest BCUT2D eigenvalue weighted by Gasteiger charge is 2.13. The molecule has 19 heavy (non-hydrogen) atoms. The second kappa shape index (κ2) is 6.17. The quantitative estimate of drug-likeness (QED) is 0.856. The monoisotopic (exact) mass is 279 g/mol. The Morgan fingerprint density at radius 1 is 1.37 bits per heavy atom. The molecule has 0 fully saturated rings. The van der Waals surface area contributed by atoms with Gasteiger partial charge >= 0.3 is 0 Å². The highest BCUT2D eigenvalue weighted by Crippen LogP contribution is 2.20. The number of aryl methyl sites for hydroxylation is 2. The fourth-order valence-electron chi connectivity index (χ4n) is 2.07. The summed E-state index contributed by atoms with van der Waals surface area (Å²) in [5, 5.41) is 15.1. The van der Waals surface area contributed by atoms with Gasteiger partial charge in [0.1, 0.15) is 5.15 Å². The molecule has 0 aliphatic heterocycles. The van der Waals surface area contributed by atoms with Crippen molar-refractivity contribution < 1.29 is 5.11 Å². The molecule has 1 atom stereocenters. The summed E-state index contributed by atoms with van der Waals surface area (Å²) in [6.45, 7) is 4.93. The van der Waals surface area contributed by atoms with Gasteiger partial charge in [0.15, 0.2) is 0 Å². The summed E-state index contributed by atoms with van der Waals surface area (Å²) in [5.41, 5.74) is 2.87. The summed E-state index contributed by atoms with van der Waals surface area (Å²) < 4.78 is 1.94. The van der Waals surface area contributed by atoms with Crippen LogP contribution in [-0.2, 0) is 19.4 Å². The molecule has 2 rings (SSSR count). The third-order valence-electron chi connectivity index (χ3n) is 3.11. The standard InChI is InChI=1S/C14H18ClN3O/c1-3-11-8-12(18(4-2)17-11)9-13(19)10-5-6-16-14(15)7-10/h5-8,13,19H,3-4,9H2,1-2H3. The second-order valence-corrected chi connectivity index (χ2v) is 4.82. The molecule has 0 aromatic carbocycles. The zero-order valence-electron chi connectivity index (χ0n) is 11.2. The van der Waals surface area contributed by atoms with Gasteiger partial charge in [0.2, 0.25) is 0 Å². The van der Waals surface area contributed by atoms with Crippen LogP contribution in [0.4, 0.5) is 0 Å². The van der Waals surface area contributed by atoms with E-state index in [4.69, 9.17) is 11.6 Å². The molecule has 0 saturated heterocycles. The van der Waals surface area contributed by atoms with Crippen LogP contribution in [-0.4, -0.2) is 19.9 Å². The lowest BCUT2D eigenvalue weighted by atomic mass is 10.1. The van der Waals surface area contributed by atoms with Crippen LogP contribution in [0.2, 0.25) is 5.15 Å². The van der Waals surface area contributed by atoms with Crippen molar-refractivity contribution in [3.8, 4) is 0 Å². The van der Waals surface area contributed by atoms with Crippen LogP contribution in [0.15, 0.2) is 24.4 Å². The van der Waals surface area contributed by atoms with E-state index in [-0.39, 0.29) is 0 Å². The van der Waals surface area contributed by atoms with Crippen molar-refractivity contribution in [3.63, 3.8) is 0 Å². The van der Waals surface area contributed by atoms with Gasteiger partial charge in [-0.2, -0.15) is 5.10 Å². The summed E-state index contributed by atoms with van der Waals surface area (Å²) in [4.78, 5) is 3.92. The van der Waals surface area contributed by atoms with E-state index in [0.29, 0.717) is 11.6 Å². The van der Waals surface area contributed by atoms with E-state index in [2.05, 4.69) is 23.1 Å². The SMILES string of the molecule is CCc1cc(CC(O)c2ccnc(Cl)c2)n(CC)n1. The van der Waals surface area contributed by atoms with Crippen LogP contribution >= 0.6 is 11.6 Å². The topological polar surface area (TPSA) is 50.9 Å². The van der Waals surface area contributed by atoms with E-state index in [1.54, 1.807) is 18.3 Å². The van der Waals surface area contributed by atoms with E-state index in [1.807, 2.05) is 11.6 Å². The summed E-state index contributed by atoms with van der Waals surface area (Å²) in [5.74, 6) is 0. The van der Waals surface area contributed by atoms with Gasteiger partial charge in [-0.3, -0.25) is 4.68 Å². The van der Waals surface area contributed by atoms with Crippen molar-refractivity contribution in [2.45, 2.75) is 39.3 Å². The molecule has 1 unspecified atom stereocenters. The molecule has 0 bridgehead atoms. The lowest BCUT2D eigenvalue weighted by Crippen LogP contribution is -2.08. The van der Waals surface area contributed by atoms with E-state index in [1.165, 1.54) is 0 Å². The highest BCUT2D eigenvalue weighted by atomic mass is 35.5. The van der Waals surface area contributed by atoms with Gasteiger partial charge in [0, 0.05) is 24.9 Å². The van der Waals surface area contributed by atoms with Gasteiger partial charge in [-0.15, -0.1) is 0 Å². The number of aromatic nitrogens is 3. The minimum atomic E-state index is -0.591. The third-order valence-corrected chi connectivity index (χ3v) is 3.32. The molecule has 5 heteroatoms. The molecular weight excluding hydrogens is 262 g/mol. The number of hydrogen-bond acceptors (Lipinski definition) is 3. The Labute approximate surface area is 118 Å². The summed E-state index contributed by atoms with van der Waals surface area (Å²) in [6, 6.07) is 5.53. The van der Waals surface area contributed by atoms with Crippen LogP contribution in [0, 0.1) is 0 Å². The van der Waals surface area contributed by atoms with E-state index < -0.39 is 6.10 Å². The Morgan fingerprint density at radius 2 is 2.16 bits per heavy atom. The lowest BCUT2D eigenvalue weighted by molar-refractivity contribution is 0.175. The number of rotatable bonds is 5.